The van der Waals surface area contributed by atoms with E-state index in [4.69, 9.17) is 9.72 Å². The summed E-state index contributed by atoms with van der Waals surface area (Å²) < 4.78 is 6.45. The second-order valence-corrected chi connectivity index (χ2v) is 11.2. The van der Waals surface area contributed by atoms with Gasteiger partial charge in [-0.05, 0) is 48.3 Å². The van der Waals surface area contributed by atoms with E-state index in [1.54, 1.807) is 15.9 Å². The number of thioether (sulfide) groups is 1. The molecule has 0 bridgehead atoms. The van der Waals surface area contributed by atoms with Crippen molar-refractivity contribution in [2.75, 3.05) is 12.9 Å². The molecule has 0 N–H and O–H groups in total. The Morgan fingerprint density at radius 1 is 1.29 bits per heavy atom. The number of aryl methyl sites for hydroxylation is 1. The first-order chi connectivity index (χ1) is 14.8. The second-order valence-electron chi connectivity index (χ2n) is 9.03. The molecule has 4 rings (SSSR count). The lowest BCUT2D eigenvalue weighted by Crippen LogP contribution is -2.27. The number of methoxy groups -OCH3 is 1. The van der Waals surface area contributed by atoms with Crippen molar-refractivity contribution in [1.29, 1.82) is 0 Å². The molecule has 1 unspecified atom stereocenters. The standard InChI is InChI=1S/C24H28N2O3S2/c1-24(2,3)15-10-11-17-18(14-15)31-21-20(17)22(28)26(16-8-6-5-7-9-16)23(25-21)30-13-12-19(27)29-4/h5-9,15H,10-14H2,1-4H3. The molecule has 3 aromatic rings. The molecule has 1 atom stereocenters. The summed E-state index contributed by atoms with van der Waals surface area (Å²) >= 11 is 3.09. The summed E-state index contributed by atoms with van der Waals surface area (Å²) in [5.41, 5.74) is 2.23. The molecule has 0 aliphatic heterocycles. The van der Waals surface area contributed by atoms with Gasteiger partial charge >= 0.3 is 5.97 Å². The maximum atomic E-state index is 13.7. The largest absolute Gasteiger partial charge is 0.469 e. The number of ether oxygens (including phenoxy) is 1. The highest BCUT2D eigenvalue weighted by molar-refractivity contribution is 7.99. The van der Waals surface area contributed by atoms with E-state index in [9.17, 15) is 9.59 Å². The number of hydrogen-bond donors (Lipinski definition) is 0. The lowest BCUT2D eigenvalue weighted by molar-refractivity contribution is -0.140. The van der Waals surface area contributed by atoms with E-state index in [1.807, 2.05) is 30.3 Å². The molecule has 7 heteroatoms. The number of para-hydroxylation sites is 1. The molecule has 1 aliphatic rings. The van der Waals surface area contributed by atoms with Gasteiger partial charge in [-0.25, -0.2) is 4.98 Å². The molecular formula is C24H28N2O3S2. The van der Waals surface area contributed by atoms with E-state index in [2.05, 4.69) is 20.8 Å². The third-order valence-electron chi connectivity index (χ3n) is 6.06. The van der Waals surface area contributed by atoms with Crippen molar-refractivity contribution in [1.82, 2.24) is 9.55 Å². The molecule has 0 saturated heterocycles. The van der Waals surface area contributed by atoms with Crippen molar-refractivity contribution in [3.8, 4) is 5.69 Å². The summed E-state index contributed by atoms with van der Waals surface area (Å²) in [7, 11) is 1.39. The van der Waals surface area contributed by atoms with Gasteiger partial charge in [0.25, 0.3) is 5.56 Å². The molecule has 0 fully saturated rings. The molecular weight excluding hydrogens is 428 g/mol. The minimum atomic E-state index is -0.262. The van der Waals surface area contributed by atoms with Gasteiger partial charge in [-0.15, -0.1) is 11.3 Å². The smallest absolute Gasteiger partial charge is 0.306 e. The first-order valence-electron chi connectivity index (χ1n) is 10.6. The fourth-order valence-corrected chi connectivity index (χ4v) is 6.45. The number of rotatable bonds is 5. The fourth-order valence-electron chi connectivity index (χ4n) is 4.17. The van der Waals surface area contributed by atoms with Crippen LogP contribution in [-0.2, 0) is 22.4 Å². The third-order valence-corrected chi connectivity index (χ3v) is 8.14. The van der Waals surface area contributed by atoms with Gasteiger partial charge in [0.05, 0.1) is 24.6 Å². The van der Waals surface area contributed by atoms with Gasteiger partial charge in [0.1, 0.15) is 4.83 Å². The quantitative estimate of drug-likeness (QED) is 0.298. The van der Waals surface area contributed by atoms with Gasteiger partial charge in [-0.3, -0.25) is 14.2 Å². The number of nitrogens with zero attached hydrogens (tertiary/aromatic N) is 2. The molecule has 0 amide bonds. The van der Waals surface area contributed by atoms with E-state index < -0.39 is 0 Å². The molecule has 1 aliphatic carbocycles. The Morgan fingerprint density at radius 2 is 2.03 bits per heavy atom. The van der Waals surface area contributed by atoms with Crippen LogP contribution in [0.1, 0.15) is 44.1 Å². The van der Waals surface area contributed by atoms with Crippen molar-refractivity contribution < 1.29 is 9.53 Å². The Labute approximate surface area is 190 Å². The van der Waals surface area contributed by atoms with Crippen LogP contribution in [0.25, 0.3) is 15.9 Å². The summed E-state index contributed by atoms with van der Waals surface area (Å²) in [6.07, 6.45) is 3.31. The Kier molecular flexibility index (Phi) is 6.26. The molecule has 31 heavy (non-hydrogen) atoms. The molecule has 164 valence electrons. The van der Waals surface area contributed by atoms with Crippen molar-refractivity contribution in [3.05, 3.63) is 51.1 Å². The van der Waals surface area contributed by atoms with Crippen LogP contribution in [0.5, 0.6) is 0 Å². The molecule has 1 aromatic carbocycles. The second kappa shape index (κ2) is 8.79. The van der Waals surface area contributed by atoms with E-state index in [-0.39, 0.29) is 23.4 Å². The monoisotopic (exact) mass is 456 g/mol. The zero-order valence-electron chi connectivity index (χ0n) is 18.4. The normalized spacial score (nSPS) is 16.3. The van der Waals surface area contributed by atoms with Crippen molar-refractivity contribution >= 4 is 39.3 Å². The van der Waals surface area contributed by atoms with Crippen LogP contribution in [0.15, 0.2) is 40.3 Å². The van der Waals surface area contributed by atoms with Gasteiger partial charge in [-0.2, -0.15) is 0 Å². The third kappa shape index (κ3) is 4.44. The van der Waals surface area contributed by atoms with Gasteiger partial charge in [0, 0.05) is 10.6 Å². The van der Waals surface area contributed by atoms with Crippen LogP contribution < -0.4 is 5.56 Å². The summed E-state index contributed by atoms with van der Waals surface area (Å²) in [4.78, 5) is 32.3. The Balaban J connectivity index is 1.81. The number of benzene rings is 1. The molecule has 0 saturated carbocycles. The molecule has 2 heterocycles. The number of carbonyl (C=O) groups excluding carboxylic acids is 1. The van der Waals surface area contributed by atoms with Crippen LogP contribution in [-0.4, -0.2) is 28.4 Å². The van der Waals surface area contributed by atoms with E-state index in [0.717, 1.165) is 35.2 Å². The summed E-state index contributed by atoms with van der Waals surface area (Å²) in [5, 5.41) is 1.40. The van der Waals surface area contributed by atoms with E-state index >= 15 is 0 Å². The number of carbonyl (C=O) groups is 1. The average molecular weight is 457 g/mol. The number of hydrogen-bond acceptors (Lipinski definition) is 6. The number of aromatic nitrogens is 2. The first kappa shape index (κ1) is 22.1. The van der Waals surface area contributed by atoms with Crippen molar-refractivity contribution in [2.24, 2.45) is 11.3 Å². The van der Waals surface area contributed by atoms with E-state index in [0.29, 0.717) is 16.8 Å². The fraction of sp³-hybridized carbons (Fsp3) is 0.458. The lowest BCUT2D eigenvalue weighted by Gasteiger charge is -2.33. The Morgan fingerprint density at radius 3 is 2.71 bits per heavy atom. The molecule has 5 nitrogen and oxygen atoms in total. The van der Waals surface area contributed by atoms with E-state index in [1.165, 1.54) is 29.3 Å². The van der Waals surface area contributed by atoms with Gasteiger partial charge in [-0.1, -0.05) is 50.7 Å². The number of thiophene rings is 1. The maximum Gasteiger partial charge on any atom is 0.306 e. The van der Waals surface area contributed by atoms with Crippen LogP contribution in [0.3, 0.4) is 0 Å². The molecule has 0 radical (unpaired) electrons. The number of fused-ring (bicyclic) bond motifs is 3. The van der Waals surface area contributed by atoms with Crippen molar-refractivity contribution in [3.63, 3.8) is 0 Å². The zero-order valence-corrected chi connectivity index (χ0v) is 20.1. The summed E-state index contributed by atoms with van der Waals surface area (Å²) in [6, 6.07) is 9.63. The molecule has 0 spiro atoms. The SMILES string of the molecule is COC(=O)CCSc1nc2sc3c(c2c(=O)n1-c1ccccc1)CCC(C(C)(C)C)C3. The number of esters is 1. The molecule has 2 aromatic heterocycles. The Bertz CT molecular complexity index is 1160. The Hall–Kier alpha value is -2.12. The van der Waals surface area contributed by atoms with Crippen LogP contribution in [0, 0.1) is 11.3 Å². The lowest BCUT2D eigenvalue weighted by atomic mass is 9.72. The maximum absolute atomic E-state index is 13.7. The minimum absolute atomic E-state index is 0.0107. The zero-order chi connectivity index (χ0) is 22.2. The van der Waals surface area contributed by atoms with Crippen LogP contribution >= 0.6 is 23.1 Å². The highest BCUT2D eigenvalue weighted by atomic mass is 32.2. The first-order valence-corrected chi connectivity index (χ1v) is 12.4. The predicted molar refractivity (Wildman–Crippen MR) is 128 cm³/mol. The highest BCUT2D eigenvalue weighted by Gasteiger charge is 2.32. The highest BCUT2D eigenvalue weighted by Crippen LogP contribution is 2.42. The van der Waals surface area contributed by atoms with Crippen LogP contribution in [0.4, 0.5) is 0 Å². The summed E-state index contributed by atoms with van der Waals surface area (Å²) in [6.45, 7) is 6.89. The minimum Gasteiger partial charge on any atom is -0.469 e. The topological polar surface area (TPSA) is 61.2 Å². The predicted octanol–water partition coefficient (Wildman–Crippen LogP) is 5.25. The van der Waals surface area contributed by atoms with Gasteiger partial charge in [0.2, 0.25) is 0 Å². The van der Waals surface area contributed by atoms with Gasteiger partial charge in [0.15, 0.2) is 5.16 Å². The van der Waals surface area contributed by atoms with Crippen LogP contribution in [0.2, 0.25) is 0 Å². The average Bonchev–Trinajstić information content (AvgIpc) is 3.11. The van der Waals surface area contributed by atoms with Crippen molar-refractivity contribution in [2.45, 2.75) is 51.6 Å². The van der Waals surface area contributed by atoms with Gasteiger partial charge < -0.3 is 4.74 Å². The summed E-state index contributed by atoms with van der Waals surface area (Å²) in [5.74, 6) is 0.856.